The van der Waals surface area contributed by atoms with Crippen molar-refractivity contribution in [2.24, 2.45) is 0 Å². The highest BCUT2D eigenvalue weighted by molar-refractivity contribution is 7.47. The van der Waals surface area contributed by atoms with E-state index >= 15 is 0 Å². The third kappa shape index (κ3) is 34.4. The van der Waals surface area contributed by atoms with Crippen LogP contribution in [0.1, 0.15) is 155 Å². The molecule has 0 aromatic carbocycles. The molecule has 15 heteroatoms. The summed E-state index contributed by atoms with van der Waals surface area (Å²) >= 11 is 0. The number of carbonyl (C=O) groups excluding carboxylic acids is 2. The zero-order valence-electron chi connectivity index (χ0n) is 41.4. The maximum absolute atomic E-state index is 12.8. The normalized spacial score (nSPS) is 22.3. The molecule has 1 aliphatic carbocycles. The second kappa shape index (κ2) is 42.2. The summed E-state index contributed by atoms with van der Waals surface area (Å²) in [5.41, 5.74) is 0. The number of allylic oxidation sites excluding steroid dienone is 16. The lowest BCUT2D eigenvalue weighted by atomic mass is 9.85. The van der Waals surface area contributed by atoms with E-state index in [9.17, 15) is 49.7 Å². The molecule has 0 radical (unpaired) electrons. The average Bonchev–Trinajstić information content (AvgIpc) is 3.33. The van der Waals surface area contributed by atoms with Gasteiger partial charge < -0.3 is 45.0 Å². The molecule has 0 aromatic heterocycles. The number of hydrogen-bond acceptors (Lipinski definition) is 13. The zero-order chi connectivity index (χ0) is 50.8. The van der Waals surface area contributed by atoms with Gasteiger partial charge in [0.15, 0.2) is 6.10 Å². The third-order valence-electron chi connectivity index (χ3n) is 10.9. The van der Waals surface area contributed by atoms with Crippen molar-refractivity contribution in [3.8, 4) is 0 Å². The number of hydrogen-bond donors (Lipinski definition) is 7. The van der Waals surface area contributed by atoms with Gasteiger partial charge in [-0.1, -0.05) is 168 Å². The van der Waals surface area contributed by atoms with Crippen LogP contribution in [0.3, 0.4) is 0 Å². The summed E-state index contributed by atoms with van der Waals surface area (Å²) in [6.45, 7) is 3.03. The Hall–Kier alpha value is -3.53. The number of phosphoric acid groups is 1. The molecule has 392 valence electrons. The minimum Gasteiger partial charge on any atom is -0.462 e. The Morgan fingerprint density at radius 1 is 0.536 bits per heavy atom. The highest BCUT2D eigenvalue weighted by Crippen LogP contribution is 2.47. The molecule has 69 heavy (non-hydrogen) atoms. The molecule has 4 unspecified atom stereocenters. The molecule has 7 N–H and O–H groups in total. The van der Waals surface area contributed by atoms with Gasteiger partial charge in [-0.25, -0.2) is 4.57 Å². The van der Waals surface area contributed by atoms with Crippen molar-refractivity contribution in [3.63, 3.8) is 0 Å². The summed E-state index contributed by atoms with van der Waals surface area (Å²) in [5.74, 6) is -1.25. The zero-order valence-corrected chi connectivity index (χ0v) is 42.3. The van der Waals surface area contributed by atoms with Gasteiger partial charge in [0.05, 0.1) is 12.7 Å². The smallest absolute Gasteiger partial charge is 0.462 e. The first-order chi connectivity index (χ1) is 33.3. The van der Waals surface area contributed by atoms with E-state index in [2.05, 4.69) is 62.5 Å². The van der Waals surface area contributed by atoms with E-state index in [0.29, 0.717) is 32.1 Å². The Bertz CT molecular complexity index is 1630. The lowest BCUT2D eigenvalue weighted by Crippen LogP contribution is -2.64. The van der Waals surface area contributed by atoms with Crippen LogP contribution in [0.2, 0.25) is 0 Å². The van der Waals surface area contributed by atoms with Gasteiger partial charge >= 0.3 is 19.8 Å². The number of ether oxygens (including phenoxy) is 2. The maximum atomic E-state index is 12.8. The van der Waals surface area contributed by atoms with Gasteiger partial charge in [0, 0.05) is 12.8 Å². The molecule has 1 saturated carbocycles. The lowest BCUT2D eigenvalue weighted by molar-refractivity contribution is -0.220. The molecule has 0 saturated heterocycles. The monoisotopic (exact) mass is 991 g/mol. The number of carbonyl (C=O) groups is 2. The molecule has 0 amide bonds. The number of aliphatic hydroxyl groups excluding tert-OH is 6. The van der Waals surface area contributed by atoms with Crippen LogP contribution in [0.4, 0.5) is 0 Å². The van der Waals surface area contributed by atoms with Crippen LogP contribution in [0, 0.1) is 0 Å². The summed E-state index contributed by atoms with van der Waals surface area (Å²) in [6, 6.07) is 0. The number of unbranched alkanes of at least 4 members (excludes halogenated alkanes) is 10. The number of phosphoric ester groups is 1. The standard InChI is InChI=1S/C54H87O14P/c1-3-5-7-9-11-12-13-14-15-16-17-18-19-20-21-22-26-29-33-37-41-47(56)65-43-46(44-66-69(63,64)68-54-52(61)50(59)49(58)51(60)53(54)62)67-48(57)42-38-34-30-27-24-23-25-28-32-36-40-45(55)39-35-31-10-8-6-4-2/h6,8,12-13,15-16,18-19,23-24,28,30-32,34-36,40,45-46,49-55,58-62H,3-5,7,9-11,14,17,20-22,25-27,29,33,37-39,41-44H2,1-2H3,(H,63,64)/b8-6-,13-12-,16-15-,19-18-,24-23-,32-28-,34-30-,35-31-,40-36+/t45?,46-,49?,50-,51+,52-,53-,54?/m1/s1. The van der Waals surface area contributed by atoms with E-state index < -0.39 is 81.8 Å². The van der Waals surface area contributed by atoms with Gasteiger partial charge in [-0.3, -0.25) is 18.6 Å². The Morgan fingerprint density at radius 3 is 1.62 bits per heavy atom. The first-order valence-corrected chi connectivity index (χ1v) is 26.8. The first-order valence-electron chi connectivity index (χ1n) is 25.3. The van der Waals surface area contributed by atoms with E-state index in [1.807, 2.05) is 48.6 Å². The predicted molar refractivity (Wildman–Crippen MR) is 273 cm³/mol. The molecule has 0 spiro atoms. The Kier molecular flexibility index (Phi) is 38.8. The van der Waals surface area contributed by atoms with Gasteiger partial charge in [-0.2, -0.15) is 0 Å². The van der Waals surface area contributed by atoms with Crippen molar-refractivity contribution in [2.75, 3.05) is 13.2 Å². The Morgan fingerprint density at radius 2 is 1.03 bits per heavy atom. The quantitative estimate of drug-likeness (QED) is 0.00997. The largest absolute Gasteiger partial charge is 0.472 e. The molecule has 9 atom stereocenters. The van der Waals surface area contributed by atoms with Crippen molar-refractivity contribution in [1.29, 1.82) is 0 Å². The third-order valence-corrected chi connectivity index (χ3v) is 11.9. The predicted octanol–water partition coefficient (Wildman–Crippen LogP) is 9.75. The summed E-state index contributed by atoms with van der Waals surface area (Å²) in [6.07, 6.45) is 41.6. The van der Waals surface area contributed by atoms with Gasteiger partial charge in [0.2, 0.25) is 0 Å². The van der Waals surface area contributed by atoms with Crippen molar-refractivity contribution in [1.82, 2.24) is 0 Å². The second-order valence-corrected chi connectivity index (χ2v) is 18.5. The SMILES string of the molecule is CC/C=C\C/C=C\CC(O)/C=C/C=C\C/C=C\C/C=C\CCC(=O)O[C@H](COC(=O)CCCCCCCC/C=C\C/C=C\C/C=C\CCCCCC)COP(=O)(O)OC1[C@H](O)[C@H](O)C(O)[C@H](O)[C@H]1O. The van der Waals surface area contributed by atoms with Crippen LogP contribution >= 0.6 is 7.82 Å². The van der Waals surface area contributed by atoms with Crippen LogP contribution < -0.4 is 0 Å². The highest BCUT2D eigenvalue weighted by Gasteiger charge is 2.51. The van der Waals surface area contributed by atoms with Gasteiger partial charge in [0.1, 0.15) is 43.2 Å². The molecule has 1 fully saturated rings. The van der Waals surface area contributed by atoms with Crippen molar-refractivity contribution < 1.29 is 68.2 Å². The van der Waals surface area contributed by atoms with E-state index in [0.717, 1.165) is 64.2 Å². The second-order valence-electron chi connectivity index (χ2n) is 17.1. The molecule has 1 aliphatic rings. The summed E-state index contributed by atoms with van der Waals surface area (Å²) in [5, 5.41) is 60.3. The van der Waals surface area contributed by atoms with Crippen LogP contribution in [-0.2, 0) is 32.7 Å². The molecule has 0 bridgehead atoms. The maximum Gasteiger partial charge on any atom is 0.472 e. The van der Waals surface area contributed by atoms with E-state index in [1.165, 1.54) is 32.1 Å². The summed E-state index contributed by atoms with van der Waals surface area (Å²) in [7, 11) is -5.17. The number of esters is 2. The van der Waals surface area contributed by atoms with Crippen molar-refractivity contribution in [2.45, 2.75) is 204 Å². The molecular formula is C54H87O14P. The molecule has 1 rings (SSSR count). The van der Waals surface area contributed by atoms with Crippen LogP contribution in [0.5, 0.6) is 0 Å². The lowest BCUT2D eigenvalue weighted by Gasteiger charge is -2.41. The average molecular weight is 991 g/mol. The molecule has 0 aliphatic heterocycles. The van der Waals surface area contributed by atoms with E-state index in [-0.39, 0.29) is 12.8 Å². The van der Waals surface area contributed by atoms with Gasteiger partial charge in [-0.05, 0) is 83.5 Å². The molecule has 0 aromatic rings. The minimum absolute atomic E-state index is 0.0613. The minimum atomic E-state index is -5.17. The summed E-state index contributed by atoms with van der Waals surface area (Å²) in [4.78, 5) is 35.8. The Balaban J connectivity index is 2.51. The van der Waals surface area contributed by atoms with E-state index in [4.69, 9.17) is 18.5 Å². The molecule has 14 nitrogen and oxygen atoms in total. The van der Waals surface area contributed by atoms with Crippen molar-refractivity contribution in [3.05, 3.63) is 109 Å². The van der Waals surface area contributed by atoms with Gasteiger partial charge in [0.25, 0.3) is 0 Å². The number of aliphatic hydroxyl groups is 6. The molecular weight excluding hydrogens is 904 g/mol. The van der Waals surface area contributed by atoms with Crippen molar-refractivity contribution >= 4 is 19.8 Å². The molecule has 0 heterocycles. The first kappa shape index (κ1) is 63.5. The summed E-state index contributed by atoms with van der Waals surface area (Å²) < 4.78 is 33.5. The van der Waals surface area contributed by atoms with Crippen LogP contribution in [0.25, 0.3) is 0 Å². The fourth-order valence-corrected chi connectivity index (χ4v) is 7.85. The topological polar surface area (TPSA) is 230 Å². The fraction of sp³-hybridized carbons (Fsp3) is 0.630. The fourth-order valence-electron chi connectivity index (χ4n) is 6.87. The van der Waals surface area contributed by atoms with Crippen LogP contribution in [0.15, 0.2) is 109 Å². The van der Waals surface area contributed by atoms with Crippen LogP contribution in [-0.4, -0.2) is 110 Å². The van der Waals surface area contributed by atoms with Gasteiger partial charge in [-0.15, -0.1) is 0 Å². The number of rotatable bonds is 40. The highest BCUT2D eigenvalue weighted by atomic mass is 31.2. The Labute approximate surface area is 413 Å². The van der Waals surface area contributed by atoms with E-state index in [1.54, 1.807) is 12.2 Å².